The van der Waals surface area contributed by atoms with Crippen molar-refractivity contribution in [3.8, 4) is 11.5 Å². The molecule has 0 radical (unpaired) electrons. The zero-order chi connectivity index (χ0) is 20.3. The molecule has 28 heavy (non-hydrogen) atoms. The van der Waals surface area contributed by atoms with Gasteiger partial charge < -0.3 is 10.2 Å². The summed E-state index contributed by atoms with van der Waals surface area (Å²) >= 11 is 0. The van der Waals surface area contributed by atoms with Crippen molar-refractivity contribution >= 4 is 11.6 Å². The number of carbonyl (C=O) groups is 2. The second-order valence-electron chi connectivity index (χ2n) is 7.04. The molecule has 0 fully saturated rings. The predicted octanol–water partition coefficient (Wildman–Crippen LogP) is 4.57. The Bertz CT molecular complexity index is 935. The number of benzene rings is 3. The molecule has 0 aliphatic carbocycles. The van der Waals surface area contributed by atoms with E-state index in [1.54, 1.807) is 24.3 Å². The summed E-state index contributed by atoms with van der Waals surface area (Å²) in [4.78, 5) is 25.0. The maximum absolute atomic E-state index is 12.5. The van der Waals surface area contributed by atoms with Crippen molar-refractivity contribution in [2.75, 3.05) is 0 Å². The van der Waals surface area contributed by atoms with Crippen LogP contribution in [0.1, 0.15) is 43.0 Å². The average molecular weight is 374 g/mol. The quantitative estimate of drug-likeness (QED) is 0.620. The van der Waals surface area contributed by atoms with Gasteiger partial charge in [-0.2, -0.15) is 0 Å². The number of hydrogen-bond acceptors (Lipinski definition) is 4. The summed E-state index contributed by atoms with van der Waals surface area (Å²) in [5, 5.41) is 20.3. The number of rotatable bonds is 6. The molecule has 4 heteroatoms. The second-order valence-corrected chi connectivity index (χ2v) is 7.04. The Hall–Kier alpha value is -3.40. The number of hydrogen-bond donors (Lipinski definition) is 2. The largest absolute Gasteiger partial charge is 0.508 e. The van der Waals surface area contributed by atoms with Crippen LogP contribution in [0.3, 0.4) is 0 Å². The fourth-order valence-corrected chi connectivity index (χ4v) is 2.99. The highest BCUT2D eigenvalue weighted by Gasteiger charge is 2.16. The normalized spacial score (nSPS) is 10.6. The fraction of sp³-hybridized carbons (Fsp3) is 0.167. The highest BCUT2D eigenvalue weighted by Crippen LogP contribution is 2.29. The third kappa shape index (κ3) is 4.46. The van der Waals surface area contributed by atoms with Crippen molar-refractivity contribution in [2.24, 2.45) is 0 Å². The van der Waals surface area contributed by atoms with Crippen LogP contribution in [-0.2, 0) is 12.8 Å². The van der Waals surface area contributed by atoms with Gasteiger partial charge in [-0.3, -0.25) is 9.59 Å². The Morgan fingerprint density at radius 2 is 1.00 bits per heavy atom. The van der Waals surface area contributed by atoms with Crippen LogP contribution >= 0.6 is 0 Å². The van der Waals surface area contributed by atoms with Crippen LogP contribution in [0, 0.1) is 13.8 Å². The molecule has 3 rings (SSSR count). The summed E-state index contributed by atoms with van der Waals surface area (Å²) in [7, 11) is 0. The first-order valence-corrected chi connectivity index (χ1v) is 9.07. The molecular formula is C24H22O4. The van der Waals surface area contributed by atoms with Gasteiger partial charge in [0.25, 0.3) is 0 Å². The lowest BCUT2D eigenvalue weighted by molar-refractivity contribution is 0.0986. The number of phenols is 2. The molecule has 0 spiro atoms. The van der Waals surface area contributed by atoms with Gasteiger partial charge in [0.15, 0.2) is 11.6 Å². The molecule has 0 atom stereocenters. The number of carbonyl (C=O) groups excluding carboxylic acids is 2. The molecule has 0 aromatic heterocycles. The lowest BCUT2D eigenvalue weighted by Crippen LogP contribution is -2.07. The molecule has 0 amide bonds. The van der Waals surface area contributed by atoms with Crippen molar-refractivity contribution in [2.45, 2.75) is 26.7 Å². The van der Waals surface area contributed by atoms with Crippen molar-refractivity contribution in [1.29, 1.82) is 0 Å². The van der Waals surface area contributed by atoms with Crippen molar-refractivity contribution in [3.05, 3.63) is 94.0 Å². The molecule has 0 unspecified atom stereocenters. The zero-order valence-electron chi connectivity index (χ0n) is 15.9. The van der Waals surface area contributed by atoms with E-state index in [1.165, 1.54) is 12.1 Å². The molecule has 2 N–H and O–H groups in total. The zero-order valence-corrected chi connectivity index (χ0v) is 15.9. The van der Waals surface area contributed by atoms with E-state index in [-0.39, 0.29) is 35.9 Å². The molecule has 142 valence electrons. The second kappa shape index (κ2) is 8.09. The molecular weight excluding hydrogens is 352 g/mol. The standard InChI is InChI=1S/C24H22O4/c1-15-3-7-17(8-4-15)21(25)12-19-11-20(24(28)14-23(19)27)13-22(26)18-9-5-16(2)6-10-18/h3-11,14,27-28H,12-13H2,1-2H3. The lowest BCUT2D eigenvalue weighted by Gasteiger charge is -2.10. The van der Waals surface area contributed by atoms with Gasteiger partial charge >= 0.3 is 0 Å². The number of aromatic hydroxyl groups is 2. The predicted molar refractivity (Wildman–Crippen MR) is 108 cm³/mol. The van der Waals surface area contributed by atoms with Gasteiger partial charge in [0.1, 0.15) is 11.5 Å². The Balaban J connectivity index is 1.81. The number of Topliss-reactive ketones (excluding diaryl/α,β-unsaturated/α-hetero) is 2. The number of ketones is 2. The van der Waals surface area contributed by atoms with Crippen molar-refractivity contribution in [1.82, 2.24) is 0 Å². The van der Waals surface area contributed by atoms with E-state index in [2.05, 4.69) is 0 Å². The summed E-state index contributed by atoms with van der Waals surface area (Å²) in [5.41, 5.74) is 3.98. The van der Waals surface area contributed by atoms with E-state index in [0.717, 1.165) is 11.1 Å². The Kier molecular flexibility index (Phi) is 5.59. The smallest absolute Gasteiger partial charge is 0.167 e. The van der Waals surface area contributed by atoms with Crippen LogP contribution in [0.5, 0.6) is 11.5 Å². The molecule has 0 aliphatic rings. The third-order valence-electron chi connectivity index (χ3n) is 4.73. The van der Waals surface area contributed by atoms with Crippen LogP contribution in [0.15, 0.2) is 60.7 Å². The van der Waals surface area contributed by atoms with Gasteiger partial charge in [0, 0.05) is 41.2 Å². The molecule has 3 aromatic carbocycles. The minimum absolute atomic E-state index is 0.0130. The Morgan fingerprint density at radius 1 is 0.643 bits per heavy atom. The highest BCUT2D eigenvalue weighted by molar-refractivity contribution is 5.99. The third-order valence-corrected chi connectivity index (χ3v) is 4.73. The number of aryl methyl sites for hydroxylation is 2. The first kappa shape index (κ1) is 19.4. The van der Waals surface area contributed by atoms with Gasteiger partial charge in [-0.1, -0.05) is 59.7 Å². The summed E-state index contributed by atoms with van der Waals surface area (Å²) in [6.07, 6.45) is -0.0260. The topological polar surface area (TPSA) is 74.6 Å². The average Bonchev–Trinajstić information content (AvgIpc) is 2.66. The molecule has 0 saturated heterocycles. The maximum atomic E-state index is 12.5. The molecule has 0 aliphatic heterocycles. The van der Waals surface area contributed by atoms with E-state index in [1.807, 2.05) is 38.1 Å². The Labute approximate surface area is 164 Å². The van der Waals surface area contributed by atoms with Gasteiger partial charge in [0.05, 0.1) is 0 Å². The van der Waals surface area contributed by atoms with Crippen molar-refractivity contribution in [3.63, 3.8) is 0 Å². The molecule has 0 saturated carbocycles. The lowest BCUT2D eigenvalue weighted by atomic mass is 9.96. The molecule has 3 aromatic rings. The molecule has 0 heterocycles. The highest BCUT2D eigenvalue weighted by atomic mass is 16.3. The van der Waals surface area contributed by atoms with Crippen LogP contribution < -0.4 is 0 Å². The van der Waals surface area contributed by atoms with E-state index in [0.29, 0.717) is 22.3 Å². The van der Waals surface area contributed by atoms with Crippen LogP contribution in [-0.4, -0.2) is 21.8 Å². The summed E-state index contributed by atoms with van der Waals surface area (Å²) in [6, 6.07) is 17.1. The summed E-state index contributed by atoms with van der Waals surface area (Å²) in [5.74, 6) is -0.609. The minimum Gasteiger partial charge on any atom is -0.508 e. The summed E-state index contributed by atoms with van der Waals surface area (Å²) < 4.78 is 0. The fourth-order valence-electron chi connectivity index (χ4n) is 2.99. The van der Waals surface area contributed by atoms with Gasteiger partial charge in [-0.05, 0) is 19.9 Å². The minimum atomic E-state index is -0.163. The van der Waals surface area contributed by atoms with Crippen LogP contribution in [0.25, 0.3) is 0 Å². The molecule has 0 bridgehead atoms. The monoisotopic (exact) mass is 374 g/mol. The Morgan fingerprint density at radius 3 is 1.36 bits per heavy atom. The number of phenolic OH excluding ortho intramolecular Hbond substituents is 2. The van der Waals surface area contributed by atoms with E-state index < -0.39 is 0 Å². The van der Waals surface area contributed by atoms with E-state index in [9.17, 15) is 19.8 Å². The van der Waals surface area contributed by atoms with Crippen molar-refractivity contribution < 1.29 is 19.8 Å². The maximum Gasteiger partial charge on any atom is 0.167 e. The first-order chi connectivity index (χ1) is 13.3. The van der Waals surface area contributed by atoms with Crippen LogP contribution in [0.2, 0.25) is 0 Å². The van der Waals surface area contributed by atoms with Gasteiger partial charge in [-0.25, -0.2) is 0 Å². The van der Waals surface area contributed by atoms with Gasteiger partial charge in [-0.15, -0.1) is 0 Å². The van der Waals surface area contributed by atoms with E-state index >= 15 is 0 Å². The first-order valence-electron chi connectivity index (χ1n) is 9.07. The molecule has 4 nitrogen and oxygen atoms in total. The van der Waals surface area contributed by atoms with E-state index in [4.69, 9.17) is 0 Å². The van der Waals surface area contributed by atoms with Crippen LogP contribution in [0.4, 0.5) is 0 Å². The van der Waals surface area contributed by atoms with Gasteiger partial charge in [0.2, 0.25) is 0 Å². The SMILES string of the molecule is Cc1ccc(C(=O)Cc2cc(CC(=O)c3ccc(C)cc3)c(O)cc2O)cc1. The summed E-state index contributed by atoms with van der Waals surface area (Å²) in [6.45, 7) is 3.88.